The maximum atomic E-state index is 5.42. The van der Waals surface area contributed by atoms with Gasteiger partial charge < -0.3 is 14.2 Å². The molecule has 0 saturated carbocycles. The van der Waals surface area contributed by atoms with Crippen molar-refractivity contribution in [2.45, 2.75) is 192 Å². The van der Waals surface area contributed by atoms with Crippen LogP contribution in [0.2, 0.25) is 0 Å². The van der Waals surface area contributed by atoms with Gasteiger partial charge in [-0.1, -0.05) is 210 Å². The van der Waals surface area contributed by atoms with Crippen LogP contribution in [0.3, 0.4) is 0 Å². The first-order chi connectivity index (χ1) is 35.4. The third kappa shape index (κ3) is 36.3. The number of aryl methyl sites for hydroxylation is 4. The number of nitrogens with zero attached hydrogens (tertiary/aromatic N) is 2. The zero-order valence-corrected chi connectivity index (χ0v) is 50.8. The Hall–Kier alpha value is -4.33. The van der Waals surface area contributed by atoms with Gasteiger partial charge in [-0.15, -0.1) is 11.8 Å². The van der Waals surface area contributed by atoms with Crippen LogP contribution in [0.5, 0.6) is 0 Å². The molecule has 2 atom stereocenters. The fourth-order valence-electron chi connectivity index (χ4n) is 7.76. The lowest BCUT2D eigenvalue weighted by Gasteiger charge is -2.23. The fourth-order valence-corrected chi connectivity index (χ4v) is 8.00. The quantitative estimate of drug-likeness (QED) is 0.0578. The molecule has 2 unspecified atom stereocenters. The number of fused-ring (bicyclic) bond motifs is 1. The van der Waals surface area contributed by atoms with Crippen LogP contribution < -0.4 is 10.4 Å². The van der Waals surface area contributed by atoms with Gasteiger partial charge in [-0.2, -0.15) is 0 Å². The molecule has 0 N–H and O–H groups in total. The van der Waals surface area contributed by atoms with E-state index in [0.717, 1.165) is 69.5 Å². The number of aliphatic imine (C=N–C) groups is 1. The molecular formula is C67H108N2O3S. The molecule has 0 radical (unpaired) electrons. The summed E-state index contributed by atoms with van der Waals surface area (Å²) in [6.07, 6.45) is 37.0. The van der Waals surface area contributed by atoms with E-state index >= 15 is 0 Å². The van der Waals surface area contributed by atoms with E-state index in [2.05, 4.69) is 189 Å². The van der Waals surface area contributed by atoms with Gasteiger partial charge in [0.15, 0.2) is 5.79 Å². The summed E-state index contributed by atoms with van der Waals surface area (Å²) >= 11 is 1.68. The molecule has 0 bridgehead atoms. The van der Waals surface area contributed by atoms with Crippen molar-refractivity contribution in [1.82, 2.24) is 4.98 Å². The molecule has 73 heavy (non-hydrogen) atoms. The summed E-state index contributed by atoms with van der Waals surface area (Å²) < 4.78 is 15.5. The molecule has 5 nitrogen and oxygen atoms in total. The minimum Gasteiger partial charge on any atom is -0.374 e. The average Bonchev–Trinajstić information content (AvgIpc) is 4.06. The first-order valence-corrected chi connectivity index (χ1v) is 29.1. The minimum atomic E-state index is -0.222. The van der Waals surface area contributed by atoms with E-state index in [1.54, 1.807) is 43.3 Å². The van der Waals surface area contributed by atoms with Gasteiger partial charge in [-0.3, -0.25) is 9.98 Å². The monoisotopic (exact) mass is 1020 g/mol. The highest BCUT2D eigenvalue weighted by Gasteiger charge is 2.32. The van der Waals surface area contributed by atoms with Crippen LogP contribution >= 0.6 is 11.8 Å². The summed E-state index contributed by atoms with van der Waals surface area (Å²) in [5.74, 6) is 2.14. The van der Waals surface area contributed by atoms with Crippen molar-refractivity contribution in [3.05, 3.63) is 172 Å². The summed E-state index contributed by atoms with van der Waals surface area (Å²) in [6.45, 7) is 33.6. The van der Waals surface area contributed by atoms with E-state index < -0.39 is 0 Å². The lowest BCUT2D eigenvalue weighted by atomic mass is 10.0. The molecule has 1 aliphatic heterocycles. The molecule has 1 aromatic heterocycles. The molecule has 410 valence electrons. The van der Waals surface area contributed by atoms with Crippen molar-refractivity contribution >= 4 is 30.1 Å². The number of benzene rings is 3. The smallest absolute Gasteiger partial charge is 0.167 e. The van der Waals surface area contributed by atoms with Crippen molar-refractivity contribution in [2.75, 3.05) is 39.6 Å². The van der Waals surface area contributed by atoms with Gasteiger partial charge in [-0.05, 0) is 154 Å². The number of allylic oxidation sites excluding steroid dienone is 6. The van der Waals surface area contributed by atoms with Crippen molar-refractivity contribution < 1.29 is 14.2 Å². The molecule has 4 aromatic rings. The standard InChI is InChI=1S/C11H14.C10H14.C10H12.C9H13N.C7H14O2.C6H14.C6H10.C5H9N.C3H8OS/c1-8-7-9(2)11-6-4-3-5-10(8)11;2*1-3-9-7-5-6-8-10(9)4-2;1-3-8-5-6-10-7-9(8)4-2;1-3-7(4-2)8-5-6-9-7;2*1-3-5-6-4-2;1-3-4-5-6-2;1-4-3-5-2/h3-6,8-9H,7H2,1-2H3;5-8H,3-4H2,1-2H3;3-8H,1-2H3;5-7H,3-4H2,1-2H3;3-6H2,1-2H3;3-6H2,1-2H3;3-6H,1-2H3;3-5H,1-2H3;3H2,1-2H3/b;;9-3-,10-4-;;;;5-3-,6-4-;4-3-,6-5?;. The van der Waals surface area contributed by atoms with E-state index in [4.69, 9.17) is 9.47 Å². The lowest BCUT2D eigenvalue weighted by molar-refractivity contribution is -0.160. The lowest BCUT2D eigenvalue weighted by Crippen LogP contribution is -2.27. The number of aromatic nitrogens is 1. The van der Waals surface area contributed by atoms with Gasteiger partial charge in [-0.25, -0.2) is 0 Å². The van der Waals surface area contributed by atoms with E-state index in [1.807, 2.05) is 75.9 Å². The first kappa shape index (κ1) is 72.9. The predicted octanol–water partition coefficient (Wildman–Crippen LogP) is 18.1. The van der Waals surface area contributed by atoms with Crippen LogP contribution in [-0.4, -0.2) is 56.6 Å². The Morgan fingerprint density at radius 2 is 1.01 bits per heavy atom. The molecule has 6 rings (SSSR count). The number of methoxy groups -OCH3 is 1. The molecule has 3 aromatic carbocycles. The van der Waals surface area contributed by atoms with Crippen LogP contribution in [0.1, 0.15) is 194 Å². The SMILES string of the molecule is C/C=C\C=C/C.C/C=C\C=NC.C/C=c1/cccc/c1=C/C.CC1CC(C)c2ccccc21.CCC1(CC)OCCO1.CCCCCC.CCc1ccccc1CC.CCc1ccncc1CC.COCSC. The zero-order valence-electron chi connectivity index (χ0n) is 49.9. The Labute approximate surface area is 455 Å². The van der Waals surface area contributed by atoms with Gasteiger partial charge >= 0.3 is 0 Å². The maximum absolute atomic E-state index is 5.42. The van der Waals surface area contributed by atoms with Crippen LogP contribution in [0.15, 0.2) is 133 Å². The van der Waals surface area contributed by atoms with E-state index in [-0.39, 0.29) is 5.79 Å². The number of pyridine rings is 1. The molecule has 0 amide bonds. The molecular weight excluding hydrogens is 913 g/mol. The van der Waals surface area contributed by atoms with E-state index in [0.29, 0.717) is 0 Å². The highest BCUT2D eigenvalue weighted by Crippen LogP contribution is 2.40. The number of hydrogen-bond acceptors (Lipinski definition) is 6. The molecule has 2 aliphatic rings. The van der Waals surface area contributed by atoms with Gasteiger partial charge in [0.1, 0.15) is 0 Å². The summed E-state index contributed by atoms with van der Waals surface area (Å²) in [5.41, 5.74) is 8.93. The Morgan fingerprint density at radius 3 is 1.30 bits per heavy atom. The maximum Gasteiger partial charge on any atom is 0.167 e. The van der Waals surface area contributed by atoms with E-state index in [1.165, 1.54) is 64.8 Å². The van der Waals surface area contributed by atoms with Gasteiger partial charge in [0, 0.05) is 32.8 Å². The Balaban J connectivity index is -0.000000765. The molecule has 2 heterocycles. The zero-order chi connectivity index (χ0) is 55.4. The molecule has 6 heteroatoms. The number of hydrogen-bond donors (Lipinski definition) is 0. The largest absolute Gasteiger partial charge is 0.374 e. The summed E-state index contributed by atoms with van der Waals surface area (Å²) in [6, 6.07) is 27.9. The van der Waals surface area contributed by atoms with Gasteiger partial charge in [0.2, 0.25) is 0 Å². The summed E-state index contributed by atoms with van der Waals surface area (Å²) in [4.78, 5) is 7.78. The topological polar surface area (TPSA) is 52.9 Å². The molecule has 1 aliphatic carbocycles. The fraction of sp³-hybridized carbons (Fsp3) is 0.522. The number of ether oxygens (including phenoxy) is 3. The normalized spacial score (nSPS) is 15.2. The van der Waals surface area contributed by atoms with E-state index in [9.17, 15) is 0 Å². The van der Waals surface area contributed by atoms with Crippen LogP contribution in [0.4, 0.5) is 0 Å². The number of unbranched alkanes of at least 4 members (excludes halogenated alkanes) is 3. The first-order valence-electron chi connectivity index (χ1n) is 27.7. The highest BCUT2D eigenvalue weighted by atomic mass is 32.2. The average molecular weight is 1020 g/mol. The molecule has 1 fully saturated rings. The van der Waals surface area contributed by atoms with Crippen molar-refractivity contribution in [2.24, 2.45) is 4.99 Å². The van der Waals surface area contributed by atoms with Crippen LogP contribution in [0, 0.1) is 0 Å². The second-order valence-corrected chi connectivity index (χ2v) is 18.2. The van der Waals surface area contributed by atoms with Crippen molar-refractivity contribution in [3.8, 4) is 0 Å². The minimum absolute atomic E-state index is 0.222. The summed E-state index contributed by atoms with van der Waals surface area (Å²) in [7, 11) is 3.44. The third-order valence-corrected chi connectivity index (χ3v) is 12.5. The number of rotatable bonds is 13. The molecule has 0 spiro atoms. The van der Waals surface area contributed by atoms with Crippen LogP contribution in [0.25, 0.3) is 12.2 Å². The Kier molecular flexibility index (Phi) is 52.5. The van der Waals surface area contributed by atoms with Crippen molar-refractivity contribution in [3.63, 3.8) is 0 Å². The predicted molar refractivity (Wildman–Crippen MR) is 331 cm³/mol. The summed E-state index contributed by atoms with van der Waals surface area (Å²) in [5, 5.41) is 2.62. The Morgan fingerprint density at radius 1 is 0.603 bits per heavy atom. The third-order valence-electron chi connectivity index (χ3n) is 12.0. The second-order valence-electron chi connectivity index (χ2n) is 17.4. The van der Waals surface area contributed by atoms with Crippen molar-refractivity contribution in [1.29, 1.82) is 0 Å². The van der Waals surface area contributed by atoms with Gasteiger partial charge in [0.05, 0.1) is 19.2 Å². The number of thioether (sulfide) groups is 1. The van der Waals surface area contributed by atoms with Gasteiger partial charge in [0.25, 0.3) is 0 Å². The second kappa shape index (κ2) is 52.5. The molecule has 1 saturated heterocycles. The Bertz CT molecular complexity index is 1880. The highest BCUT2D eigenvalue weighted by molar-refractivity contribution is 7.98. The van der Waals surface area contributed by atoms with Crippen LogP contribution in [-0.2, 0) is 39.9 Å².